The molecule has 0 spiro atoms. The maximum atomic E-state index is 13.7. The van der Waals surface area contributed by atoms with Gasteiger partial charge in [-0.25, -0.2) is 14.9 Å². The molecule has 0 aliphatic rings. The fourth-order valence-electron chi connectivity index (χ4n) is 3.34. The topological polar surface area (TPSA) is 72.4 Å². The van der Waals surface area contributed by atoms with Crippen molar-refractivity contribution in [2.45, 2.75) is 6.36 Å². The van der Waals surface area contributed by atoms with Crippen LogP contribution in [-0.4, -0.2) is 28.1 Å². The summed E-state index contributed by atoms with van der Waals surface area (Å²) in [7, 11) is 0. The van der Waals surface area contributed by atoms with Crippen LogP contribution in [-0.2, 0) is 0 Å². The Hall–Kier alpha value is -3.95. The first-order chi connectivity index (χ1) is 17.2. The third kappa shape index (κ3) is 5.48. The summed E-state index contributed by atoms with van der Waals surface area (Å²) in [6.07, 6.45) is -2.40. The lowest BCUT2D eigenvalue weighted by atomic mass is 10.1. The molecule has 0 saturated heterocycles. The highest BCUT2D eigenvalue weighted by Gasteiger charge is 2.33. The predicted octanol–water partition coefficient (Wildman–Crippen LogP) is 6.84. The van der Waals surface area contributed by atoms with Gasteiger partial charge in [0.15, 0.2) is 5.82 Å². The SMILES string of the molecule is O=C(c1ccccc1Cl)N(C(=O)c1ccccc1Cl)c1ncncc1-c1ccc(OC(F)(F)F)cc1. The van der Waals surface area contributed by atoms with E-state index in [4.69, 9.17) is 23.2 Å². The van der Waals surface area contributed by atoms with E-state index in [1.54, 1.807) is 24.3 Å². The molecule has 0 unspecified atom stereocenters. The first-order valence-corrected chi connectivity index (χ1v) is 11.0. The molecule has 2 amide bonds. The second kappa shape index (κ2) is 10.3. The minimum atomic E-state index is -4.86. The normalized spacial score (nSPS) is 11.1. The number of amides is 2. The van der Waals surface area contributed by atoms with E-state index in [1.165, 1.54) is 42.6 Å². The van der Waals surface area contributed by atoms with E-state index in [9.17, 15) is 22.8 Å². The van der Waals surface area contributed by atoms with Gasteiger partial charge >= 0.3 is 6.36 Å². The van der Waals surface area contributed by atoms with Crippen molar-refractivity contribution < 1.29 is 27.5 Å². The number of aromatic nitrogens is 2. The highest BCUT2D eigenvalue weighted by Crippen LogP contribution is 2.34. The van der Waals surface area contributed by atoms with Gasteiger partial charge < -0.3 is 4.74 Å². The molecule has 0 N–H and O–H groups in total. The van der Waals surface area contributed by atoms with Gasteiger partial charge in [-0.1, -0.05) is 59.6 Å². The zero-order valence-electron chi connectivity index (χ0n) is 18.0. The van der Waals surface area contributed by atoms with Crippen LogP contribution in [0.1, 0.15) is 20.7 Å². The molecule has 36 heavy (non-hydrogen) atoms. The monoisotopic (exact) mass is 531 g/mol. The molecule has 1 aromatic heterocycles. The maximum Gasteiger partial charge on any atom is 0.573 e. The molecule has 3 aromatic carbocycles. The van der Waals surface area contributed by atoms with Crippen molar-refractivity contribution in [2.24, 2.45) is 0 Å². The van der Waals surface area contributed by atoms with Crippen LogP contribution in [0, 0.1) is 0 Å². The lowest BCUT2D eigenvalue weighted by molar-refractivity contribution is -0.274. The Bertz CT molecular complexity index is 1370. The highest BCUT2D eigenvalue weighted by atomic mass is 35.5. The van der Waals surface area contributed by atoms with Gasteiger partial charge in [0, 0.05) is 11.8 Å². The van der Waals surface area contributed by atoms with Crippen LogP contribution in [0.5, 0.6) is 5.75 Å². The van der Waals surface area contributed by atoms with E-state index >= 15 is 0 Å². The Morgan fingerprint density at radius 1 is 0.806 bits per heavy atom. The Morgan fingerprint density at radius 3 is 1.83 bits per heavy atom. The smallest absolute Gasteiger partial charge is 0.406 e. The second-order valence-corrected chi connectivity index (χ2v) is 8.05. The van der Waals surface area contributed by atoms with Crippen LogP contribution < -0.4 is 9.64 Å². The van der Waals surface area contributed by atoms with Crippen LogP contribution in [0.3, 0.4) is 0 Å². The van der Waals surface area contributed by atoms with Gasteiger partial charge in [-0.05, 0) is 42.0 Å². The fraction of sp³-hybridized carbons (Fsp3) is 0.0400. The lowest BCUT2D eigenvalue weighted by Crippen LogP contribution is -2.38. The molecule has 0 atom stereocenters. The molecular formula is C25H14Cl2F3N3O3. The van der Waals surface area contributed by atoms with Crippen LogP contribution in [0.4, 0.5) is 19.0 Å². The van der Waals surface area contributed by atoms with E-state index in [0.29, 0.717) is 5.56 Å². The summed E-state index contributed by atoms with van der Waals surface area (Å²) in [6.45, 7) is 0. The van der Waals surface area contributed by atoms with E-state index in [2.05, 4.69) is 14.7 Å². The lowest BCUT2D eigenvalue weighted by Gasteiger charge is -2.23. The van der Waals surface area contributed by atoms with Crippen molar-refractivity contribution in [2.75, 3.05) is 4.90 Å². The summed E-state index contributed by atoms with van der Waals surface area (Å²) in [6, 6.07) is 17.1. The van der Waals surface area contributed by atoms with Gasteiger partial charge in [0.2, 0.25) is 0 Å². The van der Waals surface area contributed by atoms with Crippen molar-refractivity contribution in [1.29, 1.82) is 0 Å². The molecule has 0 aliphatic heterocycles. The number of halogens is 5. The molecule has 6 nitrogen and oxygen atoms in total. The average Bonchev–Trinajstić information content (AvgIpc) is 2.84. The number of hydrogen-bond acceptors (Lipinski definition) is 5. The predicted molar refractivity (Wildman–Crippen MR) is 128 cm³/mol. The number of carbonyl (C=O) groups is 2. The number of ether oxygens (including phenoxy) is 1. The van der Waals surface area contributed by atoms with Gasteiger partial charge in [0.05, 0.1) is 21.2 Å². The van der Waals surface area contributed by atoms with Crippen molar-refractivity contribution in [1.82, 2.24) is 9.97 Å². The molecule has 0 saturated carbocycles. The molecule has 11 heteroatoms. The highest BCUT2D eigenvalue weighted by molar-refractivity contribution is 6.39. The number of rotatable bonds is 5. The van der Waals surface area contributed by atoms with E-state index in [-0.39, 0.29) is 32.6 Å². The molecule has 1 heterocycles. The van der Waals surface area contributed by atoms with Crippen LogP contribution in [0.25, 0.3) is 11.1 Å². The van der Waals surface area contributed by atoms with Gasteiger partial charge in [-0.15, -0.1) is 13.2 Å². The molecule has 0 radical (unpaired) electrons. The summed E-state index contributed by atoms with van der Waals surface area (Å²) < 4.78 is 41.6. The summed E-state index contributed by atoms with van der Waals surface area (Å²) in [5.41, 5.74) is 0.567. The van der Waals surface area contributed by atoms with Gasteiger partial charge in [-0.3, -0.25) is 9.59 Å². The zero-order chi connectivity index (χ0) is 25.9. The number of carbonyl (C=O) groups excluding carboxylic acids is 2. The van der Waals surface area contributed by atoms with Gasteiger partial charge in [0.1, 0.15) is 12.1 Å². The zero-order valence-corrected chi connectivity index (χ0v) is 19.6. The first kappa shape index (κ1) is 25.2. The van der Waals surface area contributed by atoms with Crippen LogP contribution >= 0.6 is 23.2 Å². The Kier molecular flexibility index (Phi) is 7.23. The largest absolute Gasteiger partial charge is 0.573 e. The van der Waals surface area contributed by atoms with E-state index in [1.807, 2.05) is 0 Å². The van der Waals surface area contributed by atoms with Gasteiger partial charge in [0.25, 0.3) is 11.8 Å². The third-order valence-corrected chi connectivity index (χ3v) is 5.58. The molecule has 4 rings (SSSR count). The van der Waals surface area contributed by atoms with Crippen LogP contribution in [0.2, 0.25) is 10.0 Å². The molecule has 182 valence electrons. The minimum absolute atomic E-state index is 0.0260. The number of hydrogen-bond donors (Lipinski definition) is 0. The number of nitrogens with zero attached hydrogens (tertiary/aromatic N) is 3. The molecular weight excluding hydrogens is 518 g/mol. The van der Waals surface area contributed by atoms with Crippen molar-refractivity contribution in [3.63, 3.8) is 0 Å². The summed E-state index contributed by atoms with van der Waals surface area (Å²) in [5.74, 6) is -2.14. The van der Waals surface area contributed by atoms with Crippen LogP contribution in [0.15, 0.2) is 85.3 Å². The van der Waals surface area contributed by atoms with E-state index < -0.39 is 23.9 Å². The summed E-state index contributed by atoms with van der Waals surface area (Å²) in [5, 5.41) is 0.201. The number of benzene rings is 3. The van der Waals surface area contributed by atoms with Crippen molar-refractivity contribution in [3.8, 4) is 16.9 Å². The first-order valence-electron chi connectivity index (χ1n) is 10.2. The van der Waals surface area contributed by atoms with Gasteiger partial charge in [-0.2, -0.15) is 0 Å². The minimum Gasteiger partial charge on any atom is -0.406 e. The van der Waals surface area contributed by atoms with Crippen molar-refractivity contribution in [3.05, 3.63) is 106 Å². The standard InChI is InChI=1S/C25H14Cl2F3N3O3/c26-20-7-3-1-5-17(20)23(34)33(24(35)18-6-2-4-8-21(18)27)22-19(13-31-14-32-22)15-9-11-16(12-10-15)36-25(28,29)30/h1-14H. The quantitative estimate of drug-likeness (QED) is 0.264. The Labute approximate surface area is 212 Å². The third-order valence-electron chi connectivity index (χ3n) is 4.92. The Balaban J connectivity index is 1.85. The van der Waals surface area contributed by atoms with E-state index in [0.717, 1.165) is 23.4 Å². The Morgan fingerprint density at radius 2 is 1.33 bits per heavy atom. The second-order valence-electron chi connectivity index (χ2n) is 7.24. The number of alkyl halides is 3. The molecule has 0 bridgehead atoms. The molecule has 0 fully saturated rings. The van der Waals surface area contributed by atoms with Crippen molar-refractivity contribution >= 4 is 40.8 Å². The average molecular weight is 532 g/mol. The number of imide groups is 1. The fourth-order valence-corrected chi connectivity index (χ4v) is 3.77. The summed E-state index contributed by atoms with van der Waals surface area (Å²) in [4.78, 5) is 36.2. The maximum absolute atomic E-state index is 13.7. The molecule has 4 aromatic rings. The molecule has 0 aliphatic carbocycles. The number of anilines is 1. The summed E-state index contributed by atoms with van der Waals surface area (Å²) >= 11 is 12.5.